The number of para-hydroxylation sites is 1. The molecule has 1 unspecified atom stereocenters. The average molecular weight is 464 g/mol. The van der Waals surface area contributed by atoms with Crippen LogP contribution in [0.25, 0.3) is 5.76 Å². The normalized spacial score (nSPS) is 22.6. The highest BCUT2D eigenvalue weighted by molar-refractivity contribution is 6.50. The number of amides is 2. The van der Waals surface area contributed by atoms with E-state index in [2.05, 4.69) is 0 Å². The first-order valence-electron chi connectivity index (χ1n) is 11.1. The maximum absolute atomic E-state index is 14.0. The van der Waals surface area contributed by atoms with E-state index in [1.165, 1.54) is 16.9 Å². The second-order valence-electron chi connectivity index (χ2n) is 8.14. The summed E-state index contributed by atoms with van der Waals surface area (Å²) in [6, 6.07) is 11.8. The largest absolute Gasteiger partial charge is 0.507 e. The molecule has 9 nitrogen and oxygen atoms in total. The van der Waals surface area contributed by atoms with Crippen LogP contribution >= 0.6 is 0 Å². The number of carbonyl (C=O) groups excluding carboxylic acids is 3. The molecule has 2 aromatic rings. The van der Waals surface area contributed by atoms with Crippen LogP contribution in [0.3, 0.4) is 0 Å². The maximum atomic E-state index is 14.0. The molecule has 5 rings (SSSR count). The summed E-state index contributed by atoms with van der Waals surface area (Å²) in [5, 5.41) is 11.5. The molecule has 0 bridgehead atoms. The number of likely N-dealkylation sites (N-methyl/N-ethyl adjacent to an activating group) is 1. The summed E-state index contributed by atoms with van der Waals surface area (Å²) in [5.74, 6) is -1.78. The zero-order valence-corrected chi connectivity index (χ0v) is 18.9. The lowest BCUT2D eigenvalue weighted by atomic mass is 9.82. The second kappa shape index (κ2) is 8.18. The fourth-order valence-electron chi connectivity index (χ4n) is 5.00. The molecule has 3 aliphatic rings. The number of ketones is 1. The number of carbonyl (C=O) groups is 3. The number of likely N-dealkylation sites (tertiary alicyclic amines) is 1. The Morgan fingerprint density at radius 2 is 1.82 bits per heavy atom. The number of ether oxygens (including phenoxy) is 3. The lowest BCUT2D eigenvalue weighted by Gasteiger charge is -2.34. The van der Waals surface area contributed by atoms with E-state index in [4.69, 9.17) is 14.2 Å². The highest BCUT2D eigenvalue weighted by Gasteiger charge is 2.66. The average Bonchev–Trinajstić information content (AvgIpc) is 3.24. The molecular weight excluding hydrogens is 440 g/mol. The SMILES string of the molecule is CCN1C(=O)C2(/C(=C(/O)c3ccc4c(c3)OCCO4)C(=O)C(=O)N2CCOC)c2ccccc21. The van der Waals surface area contributed by atoms with Crippen molar-refractivity contribution in [1.82, 2.24) is 4.90 Å². The van der Waals surface area contributed by atoms with Gasteiger partial charge in [-0.05, 0) is 31.2 Å². The number of fused-ring (bicyclic) bond motifs is 3. The third kappa shape index (κ3) is 2.86. The summed E-state index contributed by atoms with van der Waals surface area (Å²) in [6.45, 7) is 3.00. The number of aliphatic hydroxyl groups excluding tert-OH is 1. The van der Waals surface area contributed by atoms with Crippen molar-refractivity contribution in [2.45, 2.75) is 12.5 Å². The van der Waals surface area contributed by atoms with Crippen LogP contribution in [0, 0.1) is 0 Å². The number of Topliss-reactive ketones (excluding diaryl/α,β-unsaturated/α-hetero) is 1. The Hall–Kier alpha value is -3.85. The zero-order valence-electron chi connectivity index (χ0n) is 18.9. The predicted molar refractivity (Wildman–Crippen MR) is 122 cm³/mol. The first-order chi connectivity index (χ1) is 16.5. The molecule has 0 saturated carbocycles. The summed E-state index contributed by atoms with van der Waals surface area (Å²) in [5.41, 5.74) is -0.757. The van der Waals surface area contributed by atoms with Crippen molar-refractivity contribution < 1.29 is 33.7 Å². The van der Waals surface area contributed by atoms with E-state index in [0.29, 0.717) is 42.5 Å². The molecule has 1 atom stereocenters. The van der Waals surface area contributed by atoms with E-state index >= 15 is 0 Å². The van der Waals surface area contributed by atoms with Gasteiger partial charge < -0.3 is 29.1 Å². The summed E-state index contributed by atoms with van der Waals surface area (Å²) in [6.07, 6.45) is 0. The number of nitrogens with zero attached hydrogens (tertiary/aromatic N) is 2. The summed E-state index contributed by atoms with van der Waals surface area (Å²) in [7, 11) is 1.47. The molecule has 2 aromatic carbocycles. The number of anilines is 1. The Labute approximate surface area is 196 Å². The van der Waals surface area contributed by atoms with Gasteiger partial charge in [-0.25, -0.2) is 0 Å². The molecule has 176 valence electrons. The predicted octanol–water partition coefficient (Wildman–Crippen LogP) is 2.05. The highest BCUT2D eigenvalue weighted by Crippen LogP contribution is 2.53. The number of benzene rings is 2. The highest BCUT2D eigenvalue weighted by atomic mass is 16.6. The van der Waals surface area contributed by atoms with Crippen LogP contribution in [0.4, 0.5) is 5.69 Å². The van der Waals surface area contributed by atoms with Crippen LogP contribution in [0.5, 0.6) is 11.5 Å². The van der Waals surface area contributed by atoms with Gasteiger partial charge in [-0.2, -0.15) is 0 Å². The minimum absolute atomic E-state index is 0.00335. The number of hydrogen-bond donors (Lipinski definition) is 1. The quantitative estimate of drug-likeness (QED) is 0.410. The van der Waals surface area contributed by atoms with Crippen LogP contribution in [-0.2, 0) is 24.7 Å². The van der Waals surface area contributed by atoms with E-state index in [1.807, 2.05) is 6.92 Å². The lowest BCUT2D eigenvalue weighted by Crippen LogP contribution is -2.52. The van der Waals surface area contributed by atoms with Crippen molar-refractivity contribution in [3.8, 4) is 11.5 Å². The van der Waals surface area contributed by atoms with Crippen molar-refractivity contribution in [3.63, 3.8) is 0 Å². The molecule has 1 fully saturated rings. The van der Waals surface area contributed by atoms with Gasteiger partial charge in [-0.1, -0.05) is 18.2 Å². The standard InChI is InChI=1S/C25H24N2O7/c1-3-26-17-7-5-4-6-16(17)25(24(26)31)20(22(29)23(30)27(25)10-11-32-2)21(28)15-8-9-18-19(14-15)34-13-12-33-18/h4-9,14,28H,3,10-13H2,1-2H3/b21-20+. The summed E-state index contributed by atoms with van der Waals surface area (Å²) >= 11 is 0. The number of rotatable bonds is 5. The molecule has 3 aliphatic heterocycles. The van der Waals surface area contributed by atoms with Gasteiger partial charge in [0.15, 0.2) is 17.0 Å². The Morgan fingerprint density at radius 1 is 1.09 bits per heavy atom. The van der Waals surface area contributed by atoms with Crippen molar-refractivity contribution in [1.29, 1.82) is 0 Å². The molecule has 0 aliphatic carbocycles. The Bertz CT molecular complexity index is 1240. The summed E-state index contributed by atoms with van der Waals surface area (Å²) < 4.78 is 16.3. The topological polar surface area (TPSA) is 106 Å². The first-order valence-corrected chi connectivity index (χ1v) is 11.1. The minimum Gasteiger partial charge on any atom is -0.507 e. The first kappa shape index (κ1) is 22.0. The molecule has 1 spiro atoms. The van der Waals surface area contributed by atoms with Gasteiger partial charge in [0.25, 0.3) is 17.6 Å². The van der Waals surface area contributed by atoms with E-state index in [-0.39, 0.29) is 24.3 Å². The molecule has 9 heteroatoms. The molecule has 3 heterocycles. The van der Waals surface area contributed by atoms with Crippen LogP contribution in [-0.4, -0.2) is 67.6 Å². The number of methoxy groups -OCH3 is 1. The van der Waals surface area contributed by atoms with Crippen LogP contribution in [0.1, 0.15) is 18.1 Å². The maximum Gasteiger partial charge on any atom is 0.296 e. The van der Waals surface area contributed by atoms with Gasteiger partial charge in [0, 0.05) is 31.3 Å². The lowest BCUT2D eigenvalue weighted by molar-refractivity contribution is -0.144. The van der Waals surface area contributed by atoms with Crippen LogP contribution < -0.4 is 14.4 Å². The van der Waals surface area contributed by atoms with E-state index in [0.717, 1.165) is 0 Å². The van der Waals surface area contributed by atoms with Crippen molar-refractivity contribution in [2.75, 3.05) is 44.9 Å². The summed E-state index contributed by atoms with van der Waals surface area (Å²) in [4.78, 5) is 43.4. The van der Waals surface area contributed by atoms with Gasteiger partial charge in [0.2, 0.25) is 0 Å². The fraction of sp³-hybridized carbons (Fsp3) is 0.320. The molecule has 0 radical (unpaired) electrons. The van der Waals surface area contributed by atoms with E-state index in [1.54, 1.807) is 42.5 Å². The second-order valence-corrected chi connectivity index (χ2v) is 8.14. The third-order valence-electron chi connectivity index (χ3n) is 6.46. The third-order valence-corrected chi connectivity index (χ3v) is 6.46. The number of aliphatic hydroxyl groups is 1. The van der Waals surface area contributed by atoms with Crippen molar-refractivity contribution in [2.24, 2.45) is 0 Å². The van der Waals surface area contributed by atoms with Crippen molar-refractivity contribution >= 4 is 29.0 Å². The Kier molecular flexibility index (Phi) is 5.28. The molecule has 0 aromatic heterocycles. The Balaban J connectivity index is 1.79. The van der Waals surface area contributed by atoms with Crippen LogP contribution in [0.2, 0.25) is 0 Å². The molecule has 34 heavy (non-hydrogen) atoms. The van der Waals surface area contributed by atoms with Gasteiger partial charge in [-0.3, -0.25) is 14.4 Å². The monoisotopic (exact) mass is 464 g/mol. The van der Waals surface area contributed by atoms with Gasteiger partial charge in [-0.15, -0.1) is 0 Å². The Morgan fingerprint density at radius 3 is 2.56 bits per heavy atom. The molecular formula is C25H24N2O7. The van der Waals surface area contributed by atoms with Crippen LogP contribution in [0.15, 0.2) is 48.0 Å². The zero-order chi connectivity index (χ0) is 24.0. The van der Waals surface area contributed by atoms with Gasteiger partial charge >= 0.3 is 0 Å². The number of hydrogen-bond acceptors (Lipinski definition) is 7. The molecule has 1 N–H and O–H groups in total. The molecule has 2 amide bonds. The van der Waals surface area contributed by atoms with E-state index in [9.17, 15) is 19.5 Å². The van der Waals surface area contributed by atoms with Crippen molar-refractivity contribution in [3.05, 3.63) is 59.2 Å². The smallest absolute Gasteiger partial charge is 0.296 e. The van der Waals surface area contributed by atoms with Gasteiger partial charge in [0.05, 0.1) is 17.9 Å². The molecule has 1 saturated heterocycles. The van der Waals surface area contributed by atoms with E-state index < -0.39 is 28.9 Å². The fourth-order valence-corrected chi connectivity index (χ4v) is 5.00. The van der Waals surface area contributed by atoms with Gasteiger partial charge in [0.1, 0.15) is 19.0 Å². The minimum atomic E-state index is -1.79.